The second kappa shape index (κ2) is 9.11. The second-order valence-corrected chi connectivity index (χ2v) is 16.4. The Labute approximate surface area is 256 Å². The van der Waals surface area contributed by atoms with E-state index in [1.165, 1.54) is 0 Å². The first-order valence-electron chi connectivity index (χ1n) is 11.3. The van der Waals surface area contributed by atoms with Crippen molar-refractivity contribution in [2.75, 3.05) is 0 Å². The molecule has 4 aromatic carbocycles. The highest BCUT2D eigenvalue weighted by Gasteiger charge is 2.32. The molecule has 2 aromatic heterocycles. The van der Waals surface area contributed by atoms with Gasteiger partial charge in [0.2, 0.25) is 9.84 Å². The van der Waals surface area contributed by atoms with Crippen LogP contribution in [0.2, 0.25) is 0 Å². The molecule has 0 bridgehead atoms. The van der Waals surface area contributed by atoms with E-state index in [9.17, 15) is 8.42 Å². The summed E-state index contributed by atoms with van der Waals surface area (Å²) in [7, 11) is -3.97. The summed E-state index contributed by atoms with van der Waals surface area (Å²) in [4.78, 5) is 0.660. The predicted molar refractivity (Wildman–Crippen MR) is 174 cm³/mol. The molecule has 6 aromatic rings. The average molecular weight is 802 g/mol. The van der Waals surface area contributed by atoms with Gasteiger partial charge in [-0.15, -0.1) is 22.7 Å². The summed E-state index contributed by atoms with van der Waals surface area (Å²) in [6.45, 7) is 8.04. The molecule has 6 rings (SSSR count). The Morgan fingerprint density at radius 3 is 1.38 bits per heavy atom. The predicted octanol–water partition coefficient (Wildman–Crippen LogP) is 11.5. The van der Waals surface area contributed by atoms with Gasteiger partial charge in [0.15, 0.2) is 0 Å². The molecule has 0 N–H and O–H groups in total. The monoisotopic (exact) mass is 798 g/mol. The lowest BCUT2D eigenvalue weighted by Crippen LogP contribution is -2.07. The minimum atomic E-state index is -3.97. The van der Waals surface area contributed by atoms with Gasteiger partial charge in [0, 0.05) is 58.2 Å². The van der Waals surface area contributed by atoms with Crippen molar-refractivity contribution in [2.24, 2.45) is 0 Å². The number of hydrogen-bond donors (Lipinski definition) is 0. The zero-order valence-electron chi connectivity index (χ0n) is 20.0. The zero-order chi connectivity index (χ0) is 26.5. The number of hydrogen-bond acceptors (Lipinski definition) is 4. The number of fused-ring (bicyclic) bond motifs is 6. The number of aryl methyl sites for hydroxylation is 4. The fraction of sp³-hybridized carbons (Fsp3) is 0.143. The lowest BCUT2D eigenvalue weighted by atomic mass is 10.1. The van der Waals surface area contributed by atoms with E-state index in [0.29, 0.717) is 18.7 Å². The van der Waals surface area contributed by atoms with E-state index in [1.807, 2.05) is 38.1 Å². The number of sulfone groups is 1. The Kier molecular flexibility index (Phi) is 6.51. The molecule has 2 heterocycles. The van der Waals surface area contributed by atoms with Crippen molar-refractivity contribution in [3.63, 3.8) is 0 Å². The van der Waals surface area contributed by atoms with Crippen molar-refractivity contribution in [3.05, 3.63) is 76.5 Å². The van der Waals surface area contributed by atoms with Crippen molar-refractivity contribution in [1.82, 2.24) is 0 Å². The van der Waals surface area contributed by atoms with Crippen LogP contribution in [-0.4, -0.2) is 8.42 Å². The van der Waals surface area contributed by atoms with E-state index < -0.39 is 9.84 Å². The molecule has 0 spiro atoms. The number of benzene rings is 4. The highest BCUT2D eigenvalue weighted by Crippen LogP contribution is 2.50. The Hall–Kier alpha value is -0.810. The van der Waals surface area contributed by atoms with Crippen LogP contribution in [0.5, 0.6) is 0 Å². The van der Waals surface area contributed by atoms with Crippen molar-refractivity contribution in [1.29, 1.82) is 0 Å². The second-order valence-electron chi connectivity index (χ2n) is 9.23. The summed E-state index contributed by atoms with van der Waals surface area (Å²) in [6.07, 6.45) is 0. The standard InChI is InChI=1S/C28H18Br4O2S3/c1-11-9-19-21(15-5-7-17(29)13(3)25(15)35-19)27(23(11)31)37(33,34)28-22-16-6-8-18(30)14(4)26(16)36-20(22)10-12(2)24(28)32/h5-10H,1-4H3. The molecule has 0 saturated heterocycles. The first kappa shape index (κ1) is 26.4. The molecular formula is C28H18Br4O2S3. The van der Waals surface area contributed by atoms with Crippen LogP contribution < -0.4 is 0 Å². The molecule has 2 nitrogen and oxygen atoms in total. The number of halogens is 4. The van der Waals surface area contributed by atoms with Crippen LogP contribution in [0, 0.1) is 27.7 Å². The van der Waals surface area contributed by atoms with Gasteiger partial charge in [0.05, 0.1) is 9.79 Å². The summed E-state index contributed by atoms with van der Waals surface area (Å²) in [5.41, 5.74) is 4.01. The Morgan fingerprint density at radius 2 is 1.00 bits per heavy atom. The summed E-state index contributed by atoms with van der Waals surface area (Å²) in [5.74, 6) is 0. The van der Waals surface area contributed by atoms with Gasteiger partial charge in [-0.25, -0.2) is 8.42 Å². The van der Waals surface area contributed by atoms with Gasteiger partial charge in [-0.1, -0.05) is 44.0 Å². The Morgan fingerprint density at radius 1 is 0.622 bits per heavy atom. The van der Waals surface area contributed by atoms with Crippen molar-refractivity contribution in [3.8, 4) is 0 Å². The third-order valence-corrected chi connectivity index (χ3v) is 15.6. The van der Waals surface area contributed by atoms with E-state index in [4.69, 9.17) is 0 Å². The third-order valence-electron chi connectivity index (χ3n) is 6.91. The summed E-state index contributed by atoms with van der Waals surface area (Å²) >= 11 is 18.0. The topological polar surface area (TPSA) is 34.1 Å². The van der Waals surface area contributed by atoms with E-state index in [2.05, 4.69) is 89.7 Å². The van der Waals surface area contributed by atoms with Crippen LogP contribution in [0.4, 0.5) is 0 Å². The first-order valence-corrected chi connectivity index (χ1v) is 17.6. The van der Waals surface area contributed by atoms with Gasteiger partial charge in [-0.05, 0) is 106 Å². The van der Waals surface area contributed by atoms with Crippen molar-refractivity contribution >= 4 is 137 Å². The molecule has 0 unspecified atom stereocenters. The maximum atomic E-state index is 14.9. The fourth-order valence-corrected chi connectivity index (χ4v) is 12.5. The molecule has 0 aliphatic heterocycles. The molecule has 0 aliphatic rings. The first-order chi connectivity index (χ1) is 17.4. The highest BCUT2D eigenvalue weighted by atomic mass is 79.9. The minimum absolute atomic E-state index is 0.330. The summed E-state index contributed by atoms with van der Waals surface area (Å²) in [5, 5.41) is 3.45. The third kappa shape index (κ3) is 3.79. The molecule has 0 fully saturated rings. The quantitative estimate of drug-likeness (QED) is 0.175. The largest absolute Gasteiger partial charge is 0.218 e. The Bertz CT molecular complexity index is 1940. The van der Waals surface area contributed by atoms with Crippen LogP contribution in [0.25, 0.3) is 40.3 Å². The maximum absolute atomic E-state index is 14.9. The van der Waals surface area contributed by atoms with E-state index in [0.717, 1.165) is 71.5 Å². The van der Waals surface area contributed by atoms with Gasteiger partial charge in [-0.2, -0.15) is 0 Å². The summed E-state index contributed by atoms with van der Waals surface area (Å²) < 4.78 is 37.2. The lowest BCUT2D eigenvalue weighted by molar-refractivity contribution is 0.597. The van der Waals surface area contributed by atoms with Gasteiger partial charge in [0.25, 0.3) is 0 Å². The highest BCUT2D eigenvalue weighted by molar-refractivity contribution is 9.11. The Balaban J connectivity index is 1.83. The summed E-state index contributed by atoms with van der Waals surface area (Å²) in [6, 6.07) is 12.2. The molecule has 0 aliphatic carbocycles. The fourth-order valence-electron chi connectivity index (χ4n) is 4.96. The minimum Gasteiger partial charge on any atom is -0.218 e. The molecule has 0 atom stereocenters. The van der Waals surface area contributed by atoms with Crippen LogP contribution in [0.3, 0.4) is 0 Å². The number of rotatable bonds is 2. The van der Waals surface area contributed by atoms with Gasteiger partial charge >= 0.3 is 0 Å². The van der Waals surface area contributed by atoms with E-state index in [-0.39, 0.29) is 0 Å². The van der Waals surface area contributed by atoms with Crippen LogP contribution in [-0.2, 0) is 9.84 Å². The van der Waals surface area contributed by atoms with Crippen molar-refractivity contribution < 1.29 is 8.42 Å². The molecule has 0 amide bonds. The molecular weight excluding hydrogens is 784 g/mol. The van der Waals surface area contributed by atoms with Gasteiger partial charge in [-0.3, -0.25) is 0 Å². The van der Waals surface area contributed by atoms with Gasteiger partial charge < -0.3 is 0 Å². The van der Waals surface area contributed by atoms with Crippen molar-refractivity contribution in [2.45, 2.75) is 37.5 Å². The number of thiophene rings is 2. The normalized spacial score (nSPS) is 12.5. The van der Waals surface area contributed by atoms with Gasteiger partial charge in [0.1, 0.15) is 0 Å². The molecule has 9 heteroatoms. The molecule has 188 valence electrons. The van der Waals surface area contributed by atoms with E-state index in [1.54, 1.807) is 22.7 Å². The lowest BCUT2D eigenvalue weighted by Gasteiger charge is -2.15. The average Bonchev–Trinajstić information content (AvgIpc) is 3.38. The molecule has 37 heavy (non-hydrogen) atoms. The van der Waals surface area contributed by atoms with Crippen LogP contribution in [0.1, 0.15) is 22.3 Å². The zero-order valence-corrected chi connectivity index (χ0v) is 28.8. The van der Waals surface area contributed by atoms with E-state index >= 15 is 0 Å². The smallest absolute Gasteiger partial charge is 0.210 e. The van der Waals surface area contributed by atoms with Crippen LogP contribution >= 0.6 is 86.4 Å². The SMILES string of the molecule is Cc1cc2sc3c(C)c(Br)ccc3c2c(S(=O)(=O)c2c(Br)c(C)cc3sc4c(C)c(Br)ccc4c23)c1Br. The molecule has 0 radical (unpaired) electrons. The maximum Gasteiger partial charge on any atom is 0.210 e. The van der Waals surface area contributed by atoms with Crippen LogP contribution in [0.15, 0.2) is 64.1 Å². The molecule has 0 saturated carbocycles.